The fourth-order valence-electron chi connectivity index (χ4n) is 3.64. The average Bonchev–Trinajstić information content (AvgIpc) is 3.32. The summed E-state index contributed by atoms with van der Waals surface area (Å²) in [7, 11) is 0. The van der Waals surface area contributed by atoms with Gasteiger partial charge in [-0.05, 0) is 35.4 Å². The lowest BCUT2D eigenvalue weighted by molar-refractivity contribution is 0.102. The Bertz CT molecular complexity index is 1430. The summed E-state index contributed by atoms with van der Waals surface area (Å²) in [5.41, 5.74) is 4.84. The molecule has 2 heterocycles. The lowest BCUT2D eigenvalue weighted by Crippen LogP contribution is -2.15. The van der Waals surface area contributed by atoms with Gasteiger partial charge < -0.3 is 15.2 Å². The van der Waals surface area contributed by atoms with Crippen molar-refractivity contribution in [1.82, 2.24) is 14.6 Å². The van der Waals surface area contributed by atoms with Crippen LogP contribution in [0.1, 0.15) is 21.6 Å². The van der Waals surface area contributed by atoms with E-state index in [0.717, 1.165) is 22.4 Å². The zero-order valence-electron chi connectivity index (χ0n) is 18.3. The molecule has 0 spiro atoms. The second kappa shape index (κ2) is 9.56. The van der Waals surface area contributed by atoms with Crippen LogP contribution < -0.4 is 10.1 Å². The first-order chi connectivity index (χ1) is 16.7. The molecule has 0 atom stereocenters. The van der Waals surface area contributed by atoms with Crippen LogP contribution in [0.15, 0.2) is 97.3 Å². The van der Waals surface area contributed by atoms with E-state index in [1.165, 1.54) is 0 Å². The van der Waals surface area contributed by atoms with E-state index in [4.69, 9.17) is 4.74 Å². The Labute approximate surface area is 196 Å². The van der Waals surface area contributed by atoms with Crippen molar-refractivity contribution in [2.75, 3.05) is 5.32 Å². The van der Waals surface area contributed by atoms with E-state index in [2.05, 4.69) is 15.4 Å². The third kappa shape index (κ3) is 4.51. The van der Waals surface area contributed by atoms with Gasteiger partial charge in [-0.15, -0.1) is 0 Å². The van der Waals surface area contributed by atoms with Gasteiger partial charge in [0.05, 0.1) is 12.8 Å². The van der Waals surface area contributed by atoms with Gasteiger partial charge in [0.25, 0.3) is 5.91 Å². The number of hydrogen-bond donors (Lipinski definition) is 2. The van der Waals surface area contributed by atoms with Crippen LogP contribution in [0.3, 0.4) is 0 Å². The monoisotopic (exact) mass is 450 g/mol. The highest BCUT2D eigenvalue weighted by Gasteiger charge is 2.14. The molecule has 0 radical (unpaired) electrons. The third-order valence-electron chi connectivity index (χ3n) is 5.45. The summed E-state index contributed by atoms with van der Waals surface area (Å²) < 4.78 is 7.50. The first-order valence-corrected chi connectivity index (χ1v) is 10.8. The molecule has 5 rings (SSSR count). The first-order valence-electron chi connectivity index (χ1n) is 10.8. The minimum Gasteiger partial charge on any atom is -0.489 e. The Hall–Kier alpha value is -4.49. The molecular weight excluding hydrogens is 428 g/mol. The number of anilines is 1. The van der Waals surface area contributed by atoms with Crippen LogP contribution in [-0.4, -0.2) is 25.6 Å². The maximum atomic E-state index is 12.8. The van der Waals surface area contributed by atoms with E-state index in [1.54, 1.807) is 41.2 Å². The summed E-state index contributed by atoms with van der Waals surface area (Å²) >= 11 is 0. The maximum Gasteiger partial charge on any atom is 0.274 e. The van der Waals surface area contributed by atoms with Gasteiger partial charge in [-0.3, -0.25) is 4.79 Å². The molecule has 0 saturated heterocycles. The number of nitrogens with zero attached hydrogens (tertiary/aromatic N) is 3. The average molecular weight is 450 g/mol. The number of amides is 1. The number of benzene rings is 3. The zero-order chi connectivity index (χ0) is 23.3. The molecule has 7 heteroatoms. The minimum absolute atomic E-state index is 0.166. The SMILES string of the molecule is O=C(Nc1ccccc1CO)c1ccn2ncc(-c3ccc(OCc4ccccc4)cc3)c2n1. The van der Waals surface area contributed by atoms with Crippen LogP contribution in [0, 0.1) is 0 Å². The molecule has 2 aromatic heterocycles. The molecule has 1 amide bonds. The molecule has 0 unspecified atom stereocenters. The summed E-state index contributed by atoms with van der Waals surface area (Å²) in [6, 6.07) is 26.4. The molecule has 0 saturated carbocycles. The highest BCUT2D eigenvalue weighted by atomic mass is 16.5. The van der Waals surface area contributed by atoms with Crippen molar-refractivity contribution in [1.29, 1.82) is 0 Å². The standard InChI is InChI=1S/C27H22N4O3/c32-17-21-8-4-5-9-24(21)30-27(33)25-14-15-31-26(29-25)23(16-28-31)20-10-12-22(13-11-20)34-18-19-6-2-1-3-7-19/h1-16,32H,17-18H2,(H,30,33). The molecule has 5 aromatic rings. The Morgan fingerprint density at radius 2 is 1.71 bits per heavy atom. The smallest absolute Gasteiger partial charge is 0.274 e. The summed E-state index contributed by atoms with van der Waals surface area (Å²) in [5, 5.41) is 16.7. The molecule has 7 nitrogen and oxygen atoms in total. The molecule has 0 aliphatic rings. The first kappa shape index (κ1) is 21.4. The summed E-state index contributed by atoms with van der Waals surface area (Å²) in [4.78, 5) is 17.4. The van der Waals surface area contributed by atoms with E-state index >= 15 is 0 Å². The van der Waals surface area contributed by atoms with Gasteiger partial charge in [0, 0.05) is 23.0 Å². The highest BCUT2D eigenvalue weighted by molar-refractivity contribution is 6.03. The number of fused-ring (bicyclic) bond motifs is 1. The topological polar surface area (TPSA) is 88.8 Å². The van der Waals surface area contributed by atoms with Crippen molar-refractivity contribution < 1.29 is 14.6 Å². The molecular formula is C27H22N4O3. The Morgan fingerprint density at radius 1 is 0.941 bits per heavy atom. The van der Waals surface area contributed by atoms with E-state index in [9.17, 15) is 9.90 Å². The van der Waals surface area contributed by atoms with Crippen molar-refractivity contribution in [3.8, 4) is 16.9 Å². The molecule has 2 N–H and O–H groups in total. The third-order valence-corrected chi connectivity index (χ3v) is 5.45. The van der Waals surface area contributed by atoms with Gasteiger partial charge >= 0.3 is 0 Å². The number of rotatable bonds is 7. The molecule has 0 aliphatic heterocycles. The van der Waals surface area contributed by atoms with Crippen LogP contribution in [0.25, 0.3) is 16.8 Å². The van der Waals surface area contributed by atoms with Crippen LogP contribution in [0.4, 0.5) is 5.69 Å². The van der Waals surface area contributed by atoms with Crippen molar-refractivity contribution in [2.24, 2.45) is 0 Å². The van der Waals surface area contributed by atoms with Gasteiger partial charge in [0.15, 0.2) is 5.65 Å². The Kier molecular flexibility index (Phi) is 6.01. The van der Waals surface area contributed by atoms with Gasteiger partial charge in [0.2, 0.25) is 0 Å². The number of hydrogen-bond acceptors (Lipinski definition) is 5. The molecule has 34 heavy (non-hydrogen) atoms. The number of aliphatic hydroxyl groups excluding tert-OH is 1. The van der Waals surface area contributed by atoms with Crippen molar-refractivity contribution >= 4 is 17.2 Å². The van der Waals surface area contributed by atoms with E-state index in [-0.39, 0.29) is 18.2 Å². The maximum absolute atomic E-state index is 12.8. The number of aromatic nitrogens is 3. The van der Waals surface area contributed by atoms with E-state index in [0.29, 0.717) is 23.5 Å². The molecule has 0 fully saturated rings. The van der Waals surface area contributed by atoms with Crippen molar-refractivity contribution in [2.45, 2.75) is 13.2 Å². The molecule has 3 aromatic carbocycles. The fourth-order valence-corrected chi connectivity index (χ4v) is 3.64. The number of aliphatic hydroxyl groups is 1. The van der Waals surface area contributed by atoms with E-state index < -0.39 is 0 Å². The molecule has 0 bridgehead atoms. The normalized spacial score (nSPS) is 10.9. The summed E-state index contributed by atoms with van der Waals surface area (Å²) in [6.45, 7) is 0.330. The number of ether oxygens (including phenoxy) is 1. The lowest BCUT2D eigenvalue weighted by atomic mass is 10.1. The van der Waals surface area contributed by atoms with Crippen molar-refractivity contribution in [3.05, 3.63) is 114 Å². The van der Waals surface area contributed by atoms with Gasteiger partial charge in [0.1, 0.15) is 18.1 Å². The second-order valence-electron chi connectivity index (χ2n) is 7.71. The van der Waals surface area contributed by atoms with Gasteiger partial charge in [-0.2, -0.15) is 5.10 Å². The zero-order valence-corrected chi connectivity index (χ0v) is 18.3. The Balaban J connectivity index is 1.36. The number of carbonyl (C=O) groups is 1. The highest BCUT2D eigenvalue weighted by Crippen LogP contribution is 2.26. The van der Waals surface area contributed by atoms with Crippen molar-refractivity contribution in [3.63, 3.8) is 0 Å². The van der Waals surface area contributed by atoms with Crippen LogP contribution >= 0.6 is 0 Å². The number of nitrogens with one attached hydrogen (secondary N) is 1. The summed E-state index contributed by atoms with van der Waals surface area (Å²) in [6.07, 6.45) is 3.43. The fraction of sp³-hybridized carbons (Fsp3) is 0.0741. The predicted octanol–water partition coefficient (Wildman–Crippen LogP) is 4.72. The van der Waals surface area contributed by atoms with Gasteiger partial charge in [-0.1, -0.05) is 60.7 Å². The van der Waals surface area contributed by atoms with Gasteiger partial charge in [-0.25, -0.2) is 9.50 Å². The second-order valence-corrected chi connectivity index (χ2v) is 7.71. The molecule has 0 aliphatic carbocycles. The lowest BCUT2D eigenvalue weighted by Gasteiger charge is -2.09. The van der Waals surface area contributed by atoms with Crippen LogP contribution in [-0.2, 0) is 13.2 Å². The molecule has 168 valence electrons. The summed E-state index contributed by atoms with van der Waals surface area (Å²) in [5.74, 6) is 0.403. The minimum atomic E-state index is -0.361. The largest absolute Gasteiger partial charge is 0.489 e. The number of carbonyl (C=O) groups excluding carboxylic acids is 1. The van der Waals surface area contributed by atoms with E-state index in [1.807, 2.05) is 60.7 Å². The number of para-hydroxylation sites is 1. The van der Waals surface area contributed by atoms with Crippen LogP contribution in [0.2, 0.25) is 0 Å². The predicted molar refractivity (Wildman–Crippen MR) is 130 cm³/mol. The Morgan fingerprint density at radius 3 is 2.50 bits per heavy atom. The quantitative estimate of drug-likeness (QED) is 0.375. The van der Waals surface area contributed by atoms with Crippen LogP contribution in [0.5, 0.6) is 5.75 Å².